The molecule has 1 fully saturated rings. The van der Waals surface area contributed by atoms with Crippen LogP contribution in [0.5, 0.6) is 23.0 Å². The molecule has 1 aliphatic heterocycles. The number of nitrogens with one attached hydrogen (secondary N) is 1. The third-order valence-corrected chi connectivity index (χ3v) is 7.26. The van der Waals surface area contributed by atoms with Gasteiger partial charge in [-0.3, -0.25) is 9.59 Å². The van der Waals surface area contributed by atoms with Crippen molar-refractivity contribution in [3.05, 3.63) is 76.5 Å². The zero-order valence-electron chi connectivity index (χ0n) is 23.8. The number of rotatable bonds is 8. The summed E-state index contributed by atoms with van der Waals surface area (Å²) >= 11 is 0. The minimum absolute atomic E-state index is 0.00391. The average Bonchev–Trinajstić information content (AvgIpc) is 3.02. The molecular weight excluding hydrogens is 562 g/mol. The van der Waals surface area contributed by atoms with Gasteiger partial charge in [-0.2, -0.15) is 0 Å². The Hall–Kier alpha value is -4.62. The summed E-state index contributed by atoms with van der Waals surface area (Å²) in [5.41, 5.74) is 0.618. The van der Waals surface area contributed by atoms with Gasteiger partial charge in [0.1, 0.15) is 52.6 Å². The van der Waals surface area contributed by atoms with E-state index >= 15 is 0 Å². The van der Waals surface area contributed by atoms with E-state index < -0.39 is 41.9 Å². The number of benzene rings is 3. The van der Waals surface area contributed by atoms with E-state index in [-0.39, 0.29) is 33.8 Å². The second-order valence-electron chi connectivity index (χ2n) is 9.75. The predicted molar refractivity (Wildman–Crippen MR) is 155 cm³/mol. The highest BCUT2D eigenvalue weighted by Crippen LogP contribution is 2.46. The molecule has 12 heteroatoms. The number of anilines is 1. The Labute approximate surface area is 245 Å². The molecule has 226 valence electrons. The molecule has 0 spiro atoms. The molecule has 5 rings (SSSR count). The van der Waals surface area contributed by atoms with Crippen LogP contribution in [0, 0.1) is 0 Å². The number of carbonyl (C=O) groups is 1. The van der Waals surface area contributed by atoms with Crippen LogP contribution in [-0.4, -0.2) is 74.1 Å². The molecule has 0 bridgehead atoms. The van der Waals surface area contributed by atoms with Gasteiger partial charge in [0, 0.05) is 23.4 Å². The summed E-state index contributed by atoms with van der Waals surface area (Å²) in [5, 5.41) is 35.1. The molecule has 0 aliphatic carbocycles. The first-order valence-electron chi connectivity index (χ1n) is 13.2. The number of aliphatic hydroxyl groups excluding tert-OH is 3. The summed E-state index contributed by atoms with van der Waals surface area (Å²) in [6, 6.07) is 16.2. The van der Waals surface area contributed by atoms with Gasteiger partial charge in [-0.25, -0.2) is 0 Å². The molecule has 4 N–H and O–H groups in total. The molecule has 3 aromatic carbocycles. The average molecular weight is 594 g/mol. The van der Waals surface area contributed by atoms with Gasteiger partial charge in [-0.15, -0.1) is 0 Å². The van der Waals surface area contributed by atoms with E-state index in [4.69, 9.17) is 28.1 Å². The number of para-hydroxylation sites is 1. The number of hydrogen-bond acceptors (Lipinski definition) is 11. The Balaban J connectivity index is 1.60. The van der Waals surface area contributed by atoms with Crippen molar-refractivity contribution in [3.8, 4) is 34.3 Å². The third kappa shape index (κ3) is 5.48. The van der Waals surface area contributed by atoms with Crippen LogP contribution in [0.2, 0.25) is 0 Å². The Morgan fingerprint density at radius 2 is 1.49 bits per heavy atom. The van der Waals surface area contributed by atoms with Crippen LogP contribution < -0.4 is 29.7 Å². The van der Waals surface area contributed by atoms with Crippen molar-refractivity contribution in [2.75, 3.05) is 33.8 Å². The van der Waals surface area contributed by atoms with Gasteiger partial charge in [-0.05, 0) is 30.3 Å². The summed E-state index contributed by atoms with van der Waals surface area (Å²) in [6.07, 6.45) is -8.34. The van der Waals surface area contributed by atoms with Gasteiger partial charge in [-0.1, -0.05) is 18.2 Å². The van der Waals surface area contributed by atoms with Gasteiger partial charge in [0.25, 0.3) is 5.91 Å². The van der Waals surface area contributed by atoms with E-state index in [0.717, 1.165) is 0 Å². The molecule has 12 nitrogen and oxygen atoms in total. The summed E-state index contributed by atoms with van der Waals surface area (Å²) < 4.78 is 33.9. The van der Waals surface area contributed by atoms with Crippen molar-refractivity contribution in [2.45, 2.75) is 30.5 Å². The number of ether oxygens (including phenoxy) is 5. The van der Waals surface area contributed by atoms with Crippen LogP contribution in [0.4, 0.5) is 5.69 Å². The lowest BCUT2D eigenvalue weighted by Crippen LogP contribution is -2.57. The topological polar surface area (TPSA) is 166 Å². The van der Waals surface area contributed by atoms with E-state index in [2.05, 4.69) is 5.32 Å². The van der Waals surface area contributed by atoms with Crippen LogP contribution in [-0.2, 0) is 9.53 Å². The second kappa shape index (κ2) is 12.3. The number of carbonyl (C=O) groups excluding carboxylic acids is 1. The summed E-state index contributed by atoms with van der Waals surface area (Å²) in [6.45, 7) is 0. The Morgan fingerprint density at radius 3 is 2.14 bits per heavy atom. The smallest absolute Gasteiger partial charge is 0.256 e. The highest BCUT2D eigenvalue weighted by Gasteiger charge is 2.49. The highest BCUT2D eigenvalue weighted by atomic mass is 16.5. The van der Waals surface area contributed by atoms with E-state index in [1.54, 1.807) is 48.5 Å². The summed E-state index contributed by atoms with van der Waals surface area (Å²) in [5.74, 6) is 0.413. The van der Waals surface area contributed by atoms with Crippen LogP contribution in [0.1, 0.15) is 11.7 Å². The number of aliphatic hydroxyl groups is 3. The number of amides is 1. The van der Waals surface area contributed by atoms with Crippen LogP contribution in [0.15, 0.2) is 69.9 Å². The Kier molecular flexibility index (Phi) is 8.55. The maximum atomic E-state index is 13.5. The monoisotopic (exact) mass is 593 g/mol. The normalized spacial score (nSPS) is 21.7. The maximum absolute atomic E-state index is 13.5. The molecule has 4 aromatic rings. The predicted octanol–water partition coefficient (Wildman–Crippen LogP) is 2.66. The van der Waals surface area contributed by atoms with Crippen molar-refractivity contribution < 1.29 is 48.2 Å². The molecule has 0 saturated carbocycles. The highest BCUT2D eigenvalue weighted by molar-refractivity contribution is 5.95. The molecule has 43 heavy (non-hydrogen) atoms. The standard InChI is InChI=1S/C31H31NO11/c1-38-18-11-10-15(12-20(18)39-2)19-13-17(33)23-22(42-19)14-21(40-3)24(28(23)41-4)29-26(35)25(34)27(36)30(43-29)31(37)32-16-8-6-5-7-9-16/h5-14,25-27,29-30,34-36H,1-4H3,(H,32,37)/t25-,26-,27+,29+,30+/m1/s1. The van der Waals surface area contributed by atoms with Crippen molar-refractivity contribution in [2.24, 2.45) is 0 Å². The molecular formula is C31H31NO11. The molecule has 1 aliphatic rings. The summed E-state index contributed by atoms with van der Waals surface area (Å²) in [7, 11) is 5.65. The number of methoxy groups -OCH3 is 4. The van der Waals surface area contributed by atoms with Crippen molar-refractivity contribution in [1.29, 1.82) is 0 Å². The SMILES string of the molecule is COc1ccc(-c2cc(=O)c3c(OC)c([C@@H]4O[C@H](C(=O)Nc5ccccc5)[C@@H](O)[C@H](O)[C@H]4O)c(OC)cc3o2)cc1OC. The van der Waals surface area contributed by atoms with Gasteiger partial charge in [0.2, 0.25) is 0 Å². The van der Waals surface area contributed by atoms with Gasteiger partial charge < -0.3 is 48.7 Å². The van der Waals surface area contributed by atoms with E-state index in [1.165, 1.54) is 40.6 Å². The Morgan fingerprint density at radius 1 is 0.791 bits per heavy atom. The van der Waals surface area contributed by atoms with Crippen LogP contribution in [0.25, 0.3) is 22.3 Å². The first-order chi connectivity index (χ1) is 20.7. The second-order valence-corrected chi connectivity index (χ2v) is 9.75. The first-order valence-corrected chi connectivity index (χ1v) is 13.2. The molecule has 5 atom stereocenters. The lowest BCUT2D eigenvalue weighted by atomic mass is 9.89. The van der Waals surface area contributed by atoms with E-state index in [0.29, 0.717) is 22.7 Å². The van der Waals surface area contributed by atoms with Crippen molar-refractivity contribution in [3.63, 3.8) is 0 Å². The van der Waals surface area contributed by atoms with E-state index in [1.807, 2.05) is 0 Å². The van der Waals surface area contributed by atoms with Crippen LogP contribution in [0.3, 0.4) is 0 Å². The lowest BCUT2D eigenvalue weighted by molar-refractivity contribution is -0.221. The summed E-state index contributed by atoms with van der Waals surface area (Å²) in [4.78, 5) is 26.7. The van der Waals surface area contributed by atoms with Gasteiger partial charge in [0.15, 0.2) is 23.0 Å². The molecule has 1 amide bonds. The quantitative estimate of drug-likeness (QED) is 0.237. The lowest BCUT2D eigenvalue weighted by Gasteiger charge is -2.40. The zero-order valence-corrected chi connectivity index (χ0v) is 23.8. The minimum Gasteiger partial charge on any atom is -0.496 e. The zero-order chi connectivity index (χ0) is 30.8. The Bertz CT molecular complexity index is 1690. The van der Waals surface area contributed by atoms with E-state index in [9.17, 15) is 24.9 Å². The number of hydrogen-bond donors (Lipinski definition) is 4. The van der Waals surface area contributed by atoms with Crippen LogP contribution >= 0.6 is 0 Å². The fraction of sp³-hybridized carbons (Fsp3) is 0.290. The van der Waals surface area contributed by atoms with Gasteiger partial charge in [0.05, 0.1) is 34.0 Å². The number of fused-ring (bicyclic) bond motifs is 1. The first kappa shape index (κ1) is 29.9. The van der Waals surface area contributed by atoms with Crippen molar-refractivity contribution in [1.82, 2.24) is 0 Å². The molecule has 1 aromatic heterocycles. The molecule has 1 saturated heterocycles. The maximum Gasteiger partial charge on any atom is 0.256 e. The molecule has 0 radical (unpaired) electrons. The van der Waals surface area contributed by atoms with Gasteiger partial charge >= 0.3 is 0 Å². The fourth-order valence-corrected chi connectivity index (χ4v) is 5.13. The largest absolute Gasteiger partial charge is 0.496 e. The molecule has 2 heterocycles. The third-order valence-electron chi connectivity index (χ3n) is 7.26. The fourth-order valence-electron chi connectivity index (χ4n) is 5.13. The molecule has 0 unspecified atom stereocenters. The van der Waals surface area contributed by atoms with Crippen molar-refractivity contribution >= 4 is 22.6 Å². The minimum atomic E-state index is -1.79.